The Balaban J connectivity index is 1.91. The van der Waals surface area contributed by atoms with Gasteiger partial charge in [-0.3, -0.25) is 9.69 Å². The highest BCUT2D eigenvalue weighted by molar-refractivity contribution is 9.10. The Morgan fingerprint density at radius 3 is 2.84 bits per heavy atom. The summed E-state index contributed by atoms with van der Waals surface area (Å²) in [5.41, 5.74) is 0.341. The molecule has 1 aliphatic rings. The van der Waals surface area contributed by atoms with E-state index in [0.29, 0.717) is 22.6 Å². The fourth-order valence-electron chi connectivity index (χ4n) is 2.32. The topological polar surface area (TPSA) is 32.3 Å². The fourth-order valence-corrected chi connectivity index (χ4v) is 2.75. The smallest absolute Gasteiger partial charge is 0.252 e. The van der Waals surface area contributed by atoms with Gasteiger partial charge in [0.2, 0.25) is 0 Å². The number of halogens is 2. The molecule has 1 amide bonds. The van der Waals surface area contributed by atoms with Crippen molar-refractivity contribution in [2.24, 2.45) is 0 Å². The fraction of sp³-hybridized carbons (Fsp3) is 0.500. The van der Waals surface area contributed by atoms with E-state index in [4.69, 9.17) is 0 Å². The molecule has 1 fully saturated rings. The van der Waals surface area contributed by atoms with Crippen LogP contribution in [0.5, 0.6) is 0 Å². The number of rotatable bonds is 4. The molecule has 0 bridgehead atoms. The van der Waals surface area contributed by atoms with Crippen molar-refractivity contribution in [2.75, 3.05) is 19.6 Å². The average molecular weight is 329 g/mol. The van der Waals surface area contributed by atoms with Gasteiger partial charge in [0, 0.05) is 17.1 Å². The van der Waals surface area contributed by atoms with E-state index in [1.807, 2.05) is 0 Å². The Hall–Kier alpha value is -0.940. The number of benzene rings is 1. The average Bonchev–Trinajstić information content (AvgIpc) is 2.92. The molecule has 2 rings (SSSR count). The van der Waals surface area contributed by atoms with Gasteiger partial charge in [0.1, 0.15) is 5.82 Å². The van der Waals surface area contributed by atoms with Gasteiger partial charge >= 0.3 is 0 Å². The Kier molecular flexibility index (Phi) is 4.93. The molecule has 0 spiro atoms. The first kappa shape index (κ1) is 14.5. The van der Waals surface area contributed by atoms with Gasteiger partial charge < -0.3 is 5.32 Å². The van der Waals surface area contributed by atoms with Gasteiger partial charge in [-0.05, 0) is 67.0 Å². The van der Waals surface area contributed by atoms with Gasteiger partial charge in [0.05, 0.1) is 5.56 Å². The lowest BCUT2D eigenvalue weighted by Gasteiger charge is -2.23. The van der Waals surface area contributed by atoms with Gasteiger partial charge in [0.25, 0.3) is 5.91 Å². The molecule has 0 aromatic heterocycles. The zero-order valence-corrected chi connectivity index (χ0v) is 12.5. The molecule has 1 aromatic carbocycles. The van der Waals surface area contributed by atoms with E-state index >= 15 is 0 Å². The molecule has 0 radical (unpaired) electrons. The van der Waals surface area contributed by atoms with Crippen LogP contribution in [-0.4, -0.2) is 36.5 Å². The highest BCUT2D eigenvalue weighted by atomic mass is 79.9. The van der Waals surface area contributed by atoms with Crippen LogP contribution >= 0.6 is 15.9 Å². The molecule has 1 heterocycles. The van der Waals surface area contributed by atoms with Crippen LogP contribution in [0.15, 0.2) is 22.7 Å². The minimum Gasteiger partial charge on any atom is -0.350 e. The monoisotopic (exact) mass is 328 g/mol. The summed E-state index contributed by atoms with van der Waals surface area (Å²) in [5, 5.41) is 2.87. The molecule has 0 saturated carbocycles. The second-order valence-corrected chi connectivity index (χ2v) is 5.78. The van der Waals surface area contributed by atoms with Gasteiger partial charge in [-0.1, -0.05) is 0 Å². The highest BCUT2D eigenvalue weighted by Gasteiger charge is 2.19. The number of nitrogens with zero attached hydrogens (tertiary/aromatic N) is 1. The van der Waals surface area contributed by atoms with Crippen LogP contribution in [0.1, 0.15) is 30.1 Å². The summed E-state index contributed by atoms with van der Waals surface area (Å²) < 4.78 is 13.8. The maximum atomic E-state index is 13.1. The molecule has 5 heteroatoms. The van der Waals surface area contributed by atoms with Crippen LogP contribution in [0.25, 0.3) is 0 Å². The van der Waals surface area contributed by atoms with E-state index in [-0.39, 0.29) is 5.91 Å². The summed E-state index contributed by atoms with van der Waals surface area (Å²) >= 11 is 3.27. The third-order valence-electron chi connectivity index (χ3n) is 3.50. The summed E-state index contributed by atoms with van der Waals surface area (Å²) in [6.45, 7) is 4.88. The summed E-state index contributed by atoms with van der Waals surface area (Å²) in [5.74, 6) is -0.640. The van der Waals surface area contributed by atoms with Crippen LogP contribution in [-0.2, 0) is 0 Å². The van der Waals surface area contributed by atoms with Crippen LogP contribution in [0, 0.1) is 5.82 Å². The van der Waals surface area contributed by atoms with Gasteiger partial charge in [-0.15, -0.1) is 0 Å². The van der Waals surface area contributed by atoms with E-state index in [0.717, 1.165) is 13.1 Å². The van der Waals surface area contributed by atoms with E-state index in [1.165, 1.54) is 25.0 Å². The lowest BCUT2D eigenvalue weighted by Crippen LogP contribution is -2.40. The normalized spacial score (nSPS) is 17.4. The lowest BCUT2D eigenvalue weighted by molar-refractivity contribution is 0.0939. The molecule has 3 nitrogen and oxygen atoms in total. The minimum atomic E-state index is -0.402. The first-order valence-electron chi connectivity index (χ1n) is 6.55. The molecular formula is C14H18BrFN2O. The predicted octanol–water partition coefficient (Wildman–Crippen LogP) is 2.80. The molecule has 1 atom stereocenters. The minimum absolute atomic E-state index is 0.238. The van der Waals surface area contributed by atoms with E-state index < -0.39 is 5.82 Å². The van der Waals surface area contributed by atoms with E-state index in [9.17, 15) is 9.18 Å². The molecule has 1 N–H and O–H groups in total. The highest BCUT2D eigenvalue weighted by Crippen LogP contribution is 2.18. The largest absolute Gasteiger partial charge is 0.350 e. The summed E-state index contributed by atoms with van der Waals surface area (Å²) in [4.78, 5) is 14.4. The zero-order valence-electron chi connectivity index (χ0n) is 11.0. The van der Waals surface area contributed by atoms with Gasteiger partial charge in [-0.25, -0.2) is 4.39 Å². The molecule has 1 saturated heterocycles. The Labute approximate surface area is 121 Å². The number of nitrogens with one attached hydrogen (secondary N) is 1. The summed E-state index contributed by atoms with van der Waals surface area (Å²) in [6.07, 6.45) is 2.46. The standard InChI is InChI=1S/C14H18BrFN2O/c1-10(18-6-2-3-7-18)9-17-14(19)12-8-11(16)4-5-13(12)15/h4-5,8,10H,2-3,6-7,9H2,1H3,(H,17,19). The predicted molar refractivity (Wildman–Crippen MR) is 76.7 cm³/mol. The number of carbonyl (C=O) groups excluding carboxylic acids is 1. The lowest BCUT2D eigenvalue weighted by atomic mass is 10.2. The Morgan fingerprint density at radius 1 is 1.47 bits per heavy atom. The Bertz CT molecular complexity index is 461. The van der Waals surface area contributed by atoms with Crippen LogP contribution in [0.2, 0.25) is 0 Å². The molecule has 0 aliphatic carbocycles. The van der Waals surface area contributed by atoms with Crippen molar-refractivity contribution >= 4 is 21.8 Å². The Morgan fingerprint density at radius 2 is 2.16 bits per heavy atom. The van der Waals surface area contributed by atoms with E-state index in [1.54, 1.807) is 6.07 Å². The first-order valence-corrected chi connectivity index (χ1v) is 7.34. The third kappa shape index (κ3) is 3.76. The number of hydrogen-bond donors (Lipinski definition) is 1. The second-order valence-electron chi connectivity index (χ2n) is 4.93. The second kappa shape index (κ2) is 6.48. The van der Waals surface area contributed by atoms with Crippen molar-refractivity contribution in [3.63, 3.8) is 0 Å². The van der Waals surface area contributed by atoms with Crippen molar-refractivity contribution in [1.82, 2.24) is 10.2 Å². The maximum absolute atomic E-state index is 13.1. The van der Waals surface area contributed by atoms with Crippen LogP contribution in [0.3, 0.4) is 0 Å². The van der Waals surface area contributed by atoms with Crippen LogP contribution < -0.4 is 5.32 Å². The van der Waals surface area contributed by atoms with Crippen LogP contribution in [0.4, 0.5) is 4.39 Å². The number of amides is 1. The van der Waals surface area contributed by atoms with Crippen molar-refractivity contribution in [1.29, 1.82) is 0 Å². The number of likely N-dealkylation sites (tertiary alicyclic amines) is 1. The molecular weight excluding hydrogens is 311 g/mol. The third-order valence-corrected chi connectivity index (χ3v) is 4.19. The van der Waals surface area contributed by atoms with Crippen molar-refractivity contribution < 1.29 is 9.18 Å². The zero-order chi connectivity index (χ0) is 13.8. The van der Waals surface area contributed by atoms with Gasteiger partial charge in [-0.2, -0.15) is 0 Å². The first-order chi connectivity index (χ1) is 9.08. The molecule has 1 unspecified atom stereocenters. The van der Waals surface area contributed by atoms with Crippen molar-refractivity contribution in [3.8, 4) is 0 Å². The quantitative estimate of drug-likeness (QED) is 0.921. The van der Waals surface area contributed by atoms with Gasteiger partial charge in [0.15, 0.2) is 0 Å². The summed E-state index contributed by atoms with van der Waals surface area (Å²) in [6, 6.07) is 4.45. The van der Waals surface area contributed by atoms with Crippen molar-refractivity contribution in [2.45, 2.75) is 25.8 Å². The number of carbonyl (C=O) groups is 1. The molecule has 19 heavy (non-hydrogen) atoms. The van der Waals surface area contributed by atoms with E-state index in [2.05, 4.69) is 33.1 Å². The molecule has 1 aromatic rings. The maximum Gasteiger partial charge on any atom is 0.252 e. The molecule has 104 valence electrons. The van der Waals surface area contributed by atoms with Crippen molar-refractivity contribution in [3.05, 3.63) is 34.1 Å². The molecule has 1 aliphatic heterocycles. The SMILES string of the molecule is CC(CNC(=O)c1cc(F)ccc1Br)N1CCCC1. The summed E-state index contributed by atoms with van der Waals surface area (Å²) in [7, 11) is 0. The number of hydrogen-bond acceptors (Lipinski definition) is 2.